The second-order valence-electron chi connectivity index (χ2n) is 2.56. The number of ether oxygens (including phenoxy) is 1. The quantitative estimate of drug-likeness (QED) is 0.626. The summed E-state index contributed by atoms with van der Waals surface area (Å²) >= 11 is 0. The number of aliphatic hydroxyl groups is 1. The molecule has 11 heavy (non-hydrogen) atoms. The van der Waals surface area contributed by atoms with Gasteiger partial charge in [0, 0.05) is 19.5 Å². The van der Waals surface area contributed by atoms with E-state index < -0.39 is 0 Å². The lowest BCUT2D eigenvalue weighted by molar-refractivity contribution is 0.000389. The molecule has 1 aliphatic rings. The fourth-order valence-electron chi connectivity index (χ4n) is 1.08. The molecule has 1 amide bonds. The fraction of sp³-hybridized carbons (Fsp3) is 0.857. The van der Waals surface area contributed by atoms with E-state index in [0.29, 0.717) is 13.1 Å². The summed E-state index contributed by atoms with van der Waals surface area (Å²) in [6.07, 6.45) is 0.138. The van der Waals surface area contributed by atoms with Crippen LogP contribution in [-0.4, -0.2) is 41.9 Å². The number of carbonyl (C=O) groups is 1. The third-order valence-corrected chi connectivity index (χ3v) is 1.83. The van der Waals surface area contributed by atoms with Gasteiger partial charge in [0.2, 0.25) is 0 Å². The SMILES string of the molecule is CCN1CCC(CO)OC1=O. The van der Waals surface area contributed by atoms with Crippen molar-refractivity contribution in [1.29, 1.82) is 0 Å². The van der Waals surface area contributed by atoms with Gasteiger partial charge in [-0.3, -0.25) is 0 Å². The highest BCUT2D eigenvalue weighted by molar-refractivity contribution is 5.68. The number of hydrogen-bond donors (Lipinski definition) is 1. The van der Waals surface area contributed by atoms with Crippen LogP contribution in [0.5, 0.6) is 0 Å². The summed E-state index contributed by atoms with van der Waals surface area (Å²) in [6, 6.07) is 0. The maximum Gasteiger partial charge on any atom is 0.410 e. The third-order valence-electron chi connectivity index (χ3n) is 1.83. The molecule has 1 rings (SSSR count). The van der Waals surface area contributed by atoms with Gasteiger partial charge in [0.15, 0.2) is 0 Å². The molecule has 0 aromatic carbocycles. The van der Waals surface area contributed by atoms with E-state index in [1.807, 2.05) is 6.92 Å². The number of aliphatic hydroxyl groups excluding tert-OH is 1. The molecule has 0 aromatic heterocycles. The third kappa shape index (κ3) is 1.83. The minimum Gasteiger partial charge on any atom is -0.444 e. The molecule has 4 nitrogen and oxygen atoms in total. The molecule has 0 saturated carbocycles. The maximum atomic E-state index is 11.0. The Morgan fingerprint density at radius 1 is 1.82 bits per heavy atom. The summed E-state index contributed by atoms with van der Waals surface area (Å²) < 4.78 is 4.88. The second kappa shape index (κ2) is 3.57. The van der Waals surface area contributed by atoms with Crippen LogP contribution in [0.4, 0.5) is 4.79 Å². The van der Waals surface area contributed by atoms with E-state index in [1.165, 1.54) is 0 Å². The Kier molecular flexibility index (Phi) is 2.70. The first-order valence-electron chi connectivity index (χ1n) is 3.84. The molecule has 1 aliphatic heterocycles. The van der Waals surface area contributed by atoms with Crippen LogP contribution in [0.25, 0.3) is 0 Å². The summed E-state index contributed by atoms with van der Waals surface area (Å²) in [4.78, 5) is 12.6. The normalized spacial score (nSPS) is 25.1. The number of nitrogens with zero attached hydrogens (tertiary/aromatic N) is 1. The molecular formula is C7H13NO3. The Labute approximate surface area is 65.8 Å². The van der Waals surface area contributed by atoms with E-state index in [2.05, 4.69) is 0 Å². The molecule has 1 saturated heterocycles. The first kappa shape index (κ1) is 8.33. The van der Waals surface area contributed by atoms with Crippen molar-refractivity contribution in [3.05, 3.63) is 0 Å². The highest BCUT2D eigenvalue weighted by Crippen LogP contribution is 2.10. The smallest absolute Gasteiger partial charge is 0.410 e. The fourth-order valence-corrected chi connectivity index (χ4v) is 1.08. The molecule has 1 heterocycles. The van der Waals surface area contributed by atoms with Gasteiger partial charge in [0.1, 0.15) is 6.10 Å². The lowest BCUT2D eigenvalue weighted by Crippen LogP contribution is -2.42. The van der Waals surface area contributed by atoms with Crippen molar-refractivity contribution in [2.24, 2.45) is 0 Å². The predicted octanol–water partition coefficient (Wildman–Crippen LogP) is 0.209. The zero-order chi connectivity index (χ0) is 8.27. The van der Waals surface area contributed by atoms with E-state index >= 15 is 0 Å². The number of amides is 1. The van der Waals surface area contributed by atoms with Crippen LogP contribution in [0.15, 0.2) is 0 Å². The van der Waals surface area contributed by atoms with Crippen molar-refractivity contribution in [1.82, 2.24) is 4.90 Å². The minimum absolute atomic E-state index is 0.0662. The summed E-state index contributed by atoms with van der Waals surface area (Å²) in [6.45, 7) is 3.21. The van der Waals surface area contributed by atoms with E-state index in [-0.39, 0.29) is 18.8 Å². The Morgan fingerprint density at radius 3 is 3.00 bits per heavy atom. The molecular weight excluding hydrogens is 146 g/mol. The van der Waals surface area contributed by atoms with E-state index in [4.69, 9.17) is 9.84 Å². The van der Waals surface area contributed by atoms with Crippen molar-refractivity contribution in [3.63, 3.8) is 0 Å². The number of hydrogen-bond acceptors (Lipinski definition) is 3. The summed E-state index contributed by atoms with van der Waals surface area (Å²) in [5, 5.41) is 8.67. The van der Waals surface area contributed by atoms with E-state index in [9.17, 15) is 4.79 Å². The van der Waals surface area contributed by atoms with E-state index in [0.717, 1.165) is 6.42 Å². The average molecular weight is 159 g/mol. The van der Waals surface area contributed by atoms with Gasteiger partial charge >= 0.3 is 6.09 Å². The van der Waals surface area contributed by atoms with E-state index in [1.54, 1.807) is 4.90 Å². The molecule has 1 N–H and O–H groups in total. The summed E-state index contributed by atoms with van der Waals surface area (Å²) in [5.41, 5.74) is 0. The molecule has 0 radical (unpaired) electrons. The largest absolute Gasteiger partial charge is 0.444 e. The van der Waals surface area contributed by atoms with Crippen molar-refractivity contribution < 1.29 is 14.6 Å². The van der Waals surface area contributed by atoms with Crippen molar-refractivity contribution >= 4 is 6.09 Å². The molecule has 0 spiro atoms. The van der Waals surface area contributed by atoms with Gasteiger partial charge in [0.05, 0.1) is 6.61 Å². The molecule has 4 heteroatoms. The highest BCUT2D eigenvalue weighted by Gasteiger charge is 2.24. The number of cyclic esters (lactones) is 1. The van der Waals surface area contributed by atoms with Crippen molar-refractivity contribution in [3.8, 4) is 0 Å². The van der Waals surface area contributed by atoms with Crippen molar-refractivity contribution in [2.45, 2.75) is 19.4 Å². The first-order chi connectivity index (χ1) is 5.27. The molecule has 0 bridgehead atoms. The monoisotopic (exact) mass is 159 g/mol. The van der Waals surface area contributed by atoms with Gasteiger partial charge in [0.25, 0.3) is 0 Å². The van der Waals surface area contributed by atoms with Gasteiger partial charge in [-0.1, -0.05) is 0 Å². The Balaban J connectivity index is 2.41. The van der Waals surface area contributed by atoms with Gasteiger partial charge in [-0.05, 0) is 6.92 Å². The van der Waals surface area contributed by atoms with Crippen LogP contribution in [-0.2, 0) is 4.74 Å². The lowest BCUT2D eigenvalue weighted by atomic mass is 10.2. The van der Waals surface area contributed by atoms with Gasteiger partial charge in [-0.15, -0.1) is 0 Å². The first-order valence-corrected chi connectivity index (χ1v) is 3.84. The topological polar surface area (TPSA) is 49.8 Å². The Bertz CT molecular complexity index is 149. The standard InChI is InChI=1S/C7H13NO3/c1-2-8-4-3-6(5-9)11-7(8)10/h6,9H,2-5H2,1H3. The highest BCUT2D eigenvalue weighted by atomic mass is 16.6. The van der Waals surface area contributed by atoms with Crippen molar-refractivity contribution in [2.75, 3.05) is 19.7 Å². The van der Waals surface area contributed by atoms with Gasteiger partial charge in [-0.25, -0.2) is 4.79 Å². The Morgan fingerprint density at radius 2 is 2.55 bits per heavy atom. The van der Waals surface area contributed by atoms with Gasteiger partial charge in [-0.2, -0.15) is 0 Å². The predicted molar refractivity (Wildman–Crippen MR) is 39.2 cm³/mol. The molecule has 0 aliphatic carbocycles. The van der Waals surface area contributed by atoms with Gasteiger partial charge < -0.3 is 14.7 Å². The molecule has 0 aromatic rings. The summed E-state index contributed by atoms with van der Waals surface area (Å²) in [5.74, 6) is 0. The molecule has 1 fully saturated rings. The lowest BCUT2D eigenvalue weighted by Gasteiger charge is -2.29. The summed E-state index contributed by atoms with van der Waals surface area (Å²) in [7, 11) is 0. The van der Waals surface area contributed by atoms with Crippen LogP contribution in [0.1, 0.15) is 13.3 Å². The zero-order valence-electron chi connectivity index (χ0n) is 6.62. The maximum absolute atomic E-state index is 11.0. The number of rotatable bonds is 2. The second-order valence-corrected chi connectivity index (χ2v) is 2.56. The molecule has 1 atom stereocenters. The Hall–Kier alpha value is -0.770. The molecule has 1 unspecified atom stereocenters. The van der Waals surface area contributed by atoms with Crippen LogP contribution >= 0.6 is 0 Å². The minimum atomic E-state index is -0.308. The van der Waals surface area contributed by atoms with Crippen LogP contribution in [0.2, 0.25) is 0 Å². The average Bonchev–Trinajstić information content (AvgIpc) is 2.04. The van der Waals surface area contributed by atoms with Crippen LogP contribution in [0.3, 0.4) is 0 Å². The zero-order valence-corrected chi connectivity index (χ0v) is 6.62. The van der Waals surface area contributed by atoms with Crippen LogP contribution < -0.4 is 0 Å². The van der Waals surface area contributed by atoms with Crippen LogP contribution in [0, 0.1) is 0 Å². The molecule has 64 valence electrons. The number of carbonyl (C=O) groups excluding carboxylic acids is 1.